The molecular weight excluding hydrogens is 200 g/mol. The minimum atomic E-state index is -0.254. The molecule has 1 saturated carbocycles. The fraction of sp³-hybridized carbons (Fsp3) is 0.786. The van der Waals surface area contributed by atoms with Gasteiger partial charge in [-0.25, -0.2) is 0 Å². The van der Waals surface area contributed by atoms with Crippen molar-refractivity contribution >= 4 is 5.97 Å². The molecule has 1 atom stereocenters. The molecule has 0 bridgehead atoms. The summed E-state index contributed by atoms with van der Waals surface area (Å²) in [6.45, 7) is 6.11. The molecule has 0 aromatic heterocycles. The van der Waals surface area contributed by atoms with Gasteiger partial charge in [-0.2, -0.15) is 0 Å². The molecule has 2 heteroatoms. The van der Waals surface area contributed by atoms with Crippen LogP contribution in [-0.2, 0) is 9.53 Å². The van der Waals surface area contributed by atoms with Crippen LogP contribution in [0.2, 0.25) is 0 Å². The van der Waals surface area contributed by atoms with E-state index in [0.29, 0.717) is 0 Å². The molecular formula is C14H24O2. The Morgan fingerprint density at radius 1 is 1.44 bits per heavy atom. The molecule has 0 N–H and O–H groups in total. The summed E-state index contributed by atoms with van der Waals surface area (Å²) in [5, 5.41) is 0. The van der Waals surface area contributed by atoms with Crippen molar-refractivity contribution in [2.45, 2.75) is 64.9 Å². The van der Waals surface area contributed by atoms with Gasteiger partial charge in [-0.05, 0) is 38.2 Å². The molecule has 0 aromatic carbocycles. The van der Waals surface area contributed by atoms with Crippen molar-refractivity contribution in [3.05, 3.63) is 12.2 Å². The first-order valence-corrected chi connectivity index (χ1v) is 6.54. The van der Waals surface area contributed by atoms with Crippen molar-refractivity contribution in [1.82, 2.24) is 0 Å². The van der Waals surface area contributed by atoms with E-state index in [0.717, 1.165) is 32.1 Å². The molecule has 2 nitrogen and oxygen atoms in total. The van der Waals surface area contributed by atoms with Crippen molar-refractivity contribution in [2.24, 2.45) is 5.92 Å². The number of hydrogen-bond donors (Lipinski definition) is 0. The molecule has 1 aliphatic carbocycles. The third-order valence-corrected chi connectivity index (χ3v) is 3.40. The monoisotopic (exact) mass is 224 g/mol. The number of ether oxygens (including phenoxy) is 1. The maximum absolute atomic E-state index is 11.8. The van der Waals surface area contributed by atoms with Crippen molar-refractivity contribution in [1.29, 1.82) is 0 Å². The van der Waals surface area contributed by atoms with E-state index in [-0.39, 0.29) is 17.5 Å². The van der Waals surface area contributed by atoms with Gasteiger partial charge in [0.2, 0.25) is 0 Å². The van der Waals surface area contributed by atoms with Gasteiger partial charge < -0.3 is 4.74 Å². The maximum atomic E-state index is 11.8. The van der Waals surface area contributed by atoms with Crippen LogP contribution in [0.1, 0.15) is 59.3 Å². The van der Waals surface area contributed by atoms with Gasteiger partial charge in [-0.15, -0.1) is 0 Å². The third kappa shape index (κ3) is 3.36. The Morgan fingerprint density at radius 3 is 2.56 bits per heavy atom. The lowest BCUT2D eigenvalue weighted by Crippen LogP contribution is -2.41. The number of esters is 1. The van der Waals surface area contributed by atoms with E-state index in [1.807, 2.05) is 13.8 Å². The van der Waals surface area contributed by atoms with Gasteiger partial charge in [0.15, 0.2) is 0 Å². The molecule has 16 heavy (non-hydrogen) atoms. The highest BCUT2D eigenvalue weighted by atomic mass is 16.6. The Labute approximate surface area is 99.1 Å². The lowest BCUT2D eigenvalue weighted by molar-refractivity contribution is -0.166. The topological polar surface area (TPSA) is 26.3 Å². The van der Waals surface area contributed by atoms with Crippen molar-refractivity contribution in [3.8, 4) is 0 Å². The molecule has 0 saturated heterocycles. The van der Waals surface area contributed by atoms with Crippen LogP contribution >= 0.6 is 0 Å². The number of carbonyl (C=O) groups is 1. The summed E-state index contributed by atoms with van der Waals surface area (Å²) in [6, 6.07) is 0. The predicted octanol–water partition coefficient (Wildman–Crippen LogP) is 3.85. The summed E-state index contributed by atoms with van der Waals surface area (Å²) < 4.78 is 5.65. The van der Waals surface area contributed by atoms with Crippen LogP contribution in [0.15, 0.2) is 12.2 Å². The van der Waals surface area contributed by atoms with Crippen LogP contribution in [0.3, 0.4) is 0 Å². The van der Waals surface area contributed by atoms with Crippen LogP contribution in [0.5, 0.6) is 0 Å². The van der Waals surface area contributed by atoms with Gasteiger partial charge in [-0.1, -0.05) is 33.3 Å². The zero-order valence-electron chi connectivity index (χ0n) is 10.8. The molecule has 0 radical (unpaired) electrons. The van der Waals surface area contributed by atoms with Crippen LogP contribution < -0.4 is 0 Å². The van der Waals surface area contributed by atoms with Crippen molar-refractivity contribution in [2.75, 3.05) is 0 Å². The molecule has 1 fully saturated rings. The summed E-state index contributed by atoms with van der Waals surface area (Å²) in [5.41, 5.74) is -0.254. The maximum Gasteiger partial charge on any atom is 0.309 e. The zero-order chi connectivity index (χ0) is 12.0. The Kier molecular flexibility index (Phi) is 5.04. The predicted molar refractivity (Wildman–Crippen MR) is 66.2 cm³/mol. The molecule has 1 aliphatic rings. The Hall–Kier alpha value is -0.790. The third-order valence-electron chi connectivity index (χ3n) is 3.40. The first-order valence-electron chi connectivity index (χ1n) is 6.54. The van der Waals surface area contributed by atoms with Crippen molar-refractivity contribution < 1.29 is 9.53 Å². The minimum Gasteiger partial charge on any atom is -0.455 e. The Bertz CT molecular complexity index is 251. The summed E-state index contributed by atoms with van der Waals surface area (Å²) in [6.07, 6.45) is 10.5. The van der Waals surface area contributed by atoms with E-state index in [9.17, 15) is 4.79 Å². The summed E-state index contributed by atoms with van der Waals surface area (Å²) in [7, 11) is 0. The van der Waals surface area contributed by atoms with E-state index < -0.39 is 0 Å². The molecule has 0 aromatic rings. The fourth-order valence-electron chi connectivity index (χ4n) is 1.76. The first-order chi connectivity index (χ1) is 7.63. The molecule has 0 aliphatic heterocycles. The normalized spacial score (nSPS) is 20.4. The number of carbonyl (C=O) groups excluding carboxylic acids is 1. The summed E-state index contributed by atoms with van der Waals surface area (Å²) in [4.78, 5) is 11.8. The molecule has 1 rings (SSSR count). The minimum absolute atomic E-state index is 0.0250. The SMILES string of the molecule is CCC/C=C/C1(OC(=O)C(C)CC)CCC1. The molecule has 1 unspecified atom stereocenters. The Balaban J connectivity index is 2.50. The molecule has 0 spiro atoms. The fourth-order valence-corrected chi connectivity index (χ4v) is 1.76. The van der Waals surface area contributed by atoms with Gasteiger partial charge >= 0.3 is 5.97 Å². The second-order valence-corrected chi connectivity index (χ2v) is 4.84. The highest BCUT2D eigenvalue weighted by Crippen LogP contribution is 2.37. The first kappa shape index (κ1) is 13.3. The zero-order valence-corrected chi connectivity index (χ0v) is 10.8. The van der Waals surface area contributed by atoms with E-state index >= 15 is 0 Å². The van der Waals surface area contributed by atoms with Gasteiger partial charge in [-0.3, -0.25) is 4.79 Å². The van der Waals surface area contributed by atoms with Gasteiger partial charge in [0.25, 0.3) is 0 Å². The van der Waals surface area contributed by atoms with Crippen LogP contribution in [0.4, 0.5) is 0 Å². The number of unbranched alkanes of at least 4 members (excludes halogenated alkanes) is 1. The largest absolute Gasteiger partial charge is 0.455 e. The number of rotatable bonds is 6. The van der Waals surface area contributed by atoms with E-state index in [4.69, 9.17) is 4.74 Å². The highest BCUT2D eigenvalue weighted by Gasteiger charge is 2.38. The number of allylic oxidation sites excluding steroid dienone is 1. The van der Waals surface area contributed by atoms with Gasteiger partial charge in [0, 0.05) is 0 Å². The van der Waals surface area contributed by atoms with Crippen LogP contribution in [0, 0.1) is 5.92 Å². The second kappa shape index (κ2) is 6.07. The standard InChI is InChI=1S/C14H24O2/c1-4-6-7-9-14(10-8-11-14)16-13(15)12(3)5-2/h7,9,12H,4-6,8,10-11H2,1-3H3/b9-7+. The summed E-state index contributed by atoms with van der Waals surface area (Å²) >= 11 is 0. The lowest BCUT2D eigenvalue weighted by atomic mass is 9.79. The lowest BCUT2D eigenvalue weighted by Gasteiger charge is -2.39. The van der Waals surface area contributed by atoms with Gasteiger partial charge in [0.1, 0.15) is 5.60 Å². The quantitative estimate of drug-likeness (QED) is 0.506. The molecule has 0 heterocycles. The molecule has 92 valence electrons. The Morgan fingerprint density at radius 2 is 2.12 bits per heavy atom. The average molecular weight is 224 g/mol. The highest BCUT2D eigenvalue weighted by molar-refractivity contribution is 5.72. The van der Waals surface area contributed by atoms with E-state index in [1.165, 1.54) is 6.42 Å². The van der Waals surface area contributed by atoms with Crippen molar-refractivity contribution in [3.63, 3.8) is 0 Å². The molecule has 0 amide bonds. The second-order valence-electron chi connectivity index (χ2n) is 4.84. The van der Waals surface area contributed by atoms with E-state index in [1.54, 1.807) is 0 Å². The van der Waals surface area contributed by atoms with Gasteiger partial charge in [0.05, 0.1) is 5.92 Å². The van der Waals surface area contributed by atoms with Crippen LogP contribution in [-0.4, -0.2) is 11.6 Å². The van der Waals surface area contributed by atoms with Crippen LogP contribution in [0.25, 0.3) is 0 Å². The van der Waals surface area contributed by atoms with E-state index in [2.05, 4.69) is 19.1 Å². The smallest absolute Gasteiger partial charge is 0.309 e. The summed E-state index contributed by atoms with van der Waals surface area (Å²) in [5.74, 6) is -0.0135. The number of hydrogen-bond acceptors (Lipinski definition) is 2. The average Bonchev–Trinajstić information content (AvgIpc) is 2.24.